The topological polar surface area (TPSA) is 135 Å². The van der Waals surface area contributed by atoms with Crippen LogP contribution in [0.15, 0.2) is 54.1 Å². The molecule has 2 aliphatic heterocycles. The lowest BCUT2D eigenvalue weighted by Gasteiger charge is -2.40. The van der Waals surface area contributed by atoms with Crippen molar-refractivity contribution in [3.8, 4) is 16.5 Å². The smallest absolute Gasteiger partial charge is 0.262 e. The fourth-order valence-electron chi connectivity index (χ4n) is 5.19. The van der Waals surface area contributed by atoms with Gasteiger partial charge >= 0.3 is 0 Å². The number of aliphatic hydroxyl groups is 3. The van der Waals surface area contributed by atoms with Crippen molar-refractivity contribution in [2.24, 2.45) is 0 Å². The first-order valence-corrected chi connectivity index (χ1v) is 14.2. The highest BCUT2D eigenvalue weighted by atomic mass is 32.1. The fraction of sp³-hybridized carbons (Fsp3) is 0.400. The van der Waals surface area contributed by atoms with Crippen molar-refractivity contribution in [3.05, 3.63) is 59.0 Å². The van der Waals surface area contributed by atoms with Crippen LogP contribution in [0, 0.1) is 11.3 Å². The van der Waals surface area contributed by atoms with Crippen molar-refractivity contribution in [2.75, 3.05) is 31.2 Å². The Bertz CT molecular complexity index is 1460. The number of benzene rings is 2. The third kappa shape index (κ3) is 5.63. The van der Waals surface area contributed by atoms with Crippen molar-refractivity contribution >= 4 is 39.3 Å². The number of rotatable bonds is 6. The number of anilines is 1. The minimum Gasteiger partial charge on any atom is -0.388 e. The second-order valence-corrected chi connectivity index (χ2v) is 11.2. The van der Waals surface area contributed by atoms with E-state index in [1.54, 1.807) is 13.8 Å². The number of nitriles is 1. The zero-order chi connectivity index (χ0) is 28.4. The molecule has 0 spiro atoms. The maximum Gasteiger partial charge on any atom is 0.262 e. The van der Waals surface area contributed by atoms with Crippen LogP contribution in [0.3, 0.4) is 0 Å². The molecule has 3 aromatic rings. The molecule has 1 amide bonds. The van der Waals surface area contributed by atoms with E-state index in [0.29, 0.717) is 12.0 Å². The highest BCUT2D eigenvalue weighted by Crippen LogP contribution is 2.35. The predicted octanol–water partition coefficient (Wildman–Crippen LogP) is 3.04. The van der Waals surface area contributed by atoms with Gasteiger partial charge < -0.3 is 35.0 Å². The summed E-state index contributed by atoms with van der Waals surface area (Å²) in [6.07, 6.45) is -4.60. The van der Waals surface area contributed by atoms with Crippen LogP contribution in [-0.2, 0) is 14.3 Å². The van der Waals surface area contributed by atoms with Crippen LogP contribution in [0.4, 0.5) is 5.69 Å². The van der Waals surface area contributed by atoms with Crippen LogP contribution in [0.5, 0.6) is 0 Å². The molecule has 1 unspecified atom stereocenters. The van der Waals surface area contributed by atoms with Crippen LogP contribution in [0.2, 0.25) is 0 Å². The average Bonchev–Trinajstić information content (AvgIpc) is 3.48. The Morgan fingerprint density at radius 2 is 1.80 bits per heavy atom. The van der Waals surface area contributed by atoms with Crippen LogP contribution in [-0.4, -0.2) is 78.2 Å². The summed E-state index contributed by atoms with van der Waals surface area (Å²) in [5.74, 6) is -0.759. The highest BCUT2D eigenvalue weighted by molar-refractivity contribution is 7.16. The molecule has 5 rings (SSSR count). The Hall–Kier alpha value is -3.30. The lowest BCUT2D eigenvalue weighted by Crippen LogP contribution is -2.63. The van der Waals surface area contributed by atoms with E-state index in [9.17, 15) is 25.4 Å². The van der Waals surface area contributed by atoms with Crippen LogP contribution < -0.4 is 10.2 Å². The number of ether oxygens (including phenoxy) is 2. The minimum atomic E-state index is -1.52. The van der Waals surface area contributed by atoms with Gasteiger partial charge in [0.2, 0.25) is 0 Å². The molecular formula is C30H33N3O6S. The van der Waals surface area contributed by atoms with Gasteiger partial charge in [0.15, 0.2) is 6.29 Å². The summed E-state index contributed by atoms with van der Waals surface area (Å²) in [4.78, 5) is 17.1. The summed E-state index contributed by atoms with van der Waals surface area (Å²) in [5.41, 5.74) is 2.54. The van der Waals surface area contributed by atoms with Gasteiger partial charge in [-0.1, -0.05) is 25.1 Å². The number of allylic oxidation sites excluding steroid dienone is 1. The molecule has 2 aromatic carbocycles. The molecule has 2 aliphatic rings. The molecule has 0 radical (unpaired) electrons. The molecule has 2 fully saturated rings. The molecule has 9 nitrogen and oxygen atoms in total. The summed E-state index contributed by atoms with van der Waals surface area (Å²) < 4.78 is 10.8. The molecule has 4 N–H and O–H groups in total. The van der Waals surface area contributed by atoms with E-state index < -0.39 is 36.6 Å². The van der Waals surface area contributed by atoms with Crippen molar-refractivity contribution < 1.29 is 29.6 Å². The van der Waals surface area contributed by atoms with E-state index in [1.165, 1.54) is 17.0 Å². The van der Waals surface area contributed by atoms with Gasteiger partial charge in [-0.25, -0.2) is 0 Å². The SMILES string of the molecule is CC[C@H]1OC(O)[C@H](NC(=O)/C(C#N)=C(\C)c2ccc(-c3ccc4cc(N5CCOCC5)ccc4c3)s2)[C@@H](O)[C@@H]1O. The summed E-state index contributed by atoms with van der Waals surface area (Å²) >= 11 is 1.47. The van der Waals surface area contributed by atoms with Crippen molar-refractivity contribution in [1.29, 1.82) is 5.26 Å². The van der Waals surface area contributed by atoms with Crippen LogP contribution in [0.25, 0.3) is 26.8 Å². The monoisotopic (exact) mass is 563 g/mol. The second-order valence-electron chi connectivity index (χ2n) is 10.1. The molecule has 3 heterocycles. The Labute approximate surface area is 236 Å². The average molecular weight is 564 g/mol. The first-order valence-electron chi connectivity index (χ1n) is 13.4. The molecule has 2 saturated heterocycles. The fourth-order valence-corrected chi connectivity index (χ4v) is 6.20. The highest BCUT2D eigenvalue weighted by Gasteiger charge is 2.44. The molecule has 40 heavy (non-hydrogen) atoms. The Kier molecular flexibility index (Phi) is 8.51. The summed E-state index contributed by atoms with van der Waals surface area (Å²) in [5, 5.41) is 45.5. The number of carbonyl (C=O) groups excluding carboxylic acids is 1. The van der Waals surface area contributed by atoms with Crippen LogP contribution >= 0.6 is 11.3 Å². The summed E-state index contributed by atoms with van der Waals surface area (Å²) in [6.45, 7) is 6.68. The Balaban J connectivity index is 1.34. The standard InChI is InChI=1S/C30H33N3O6S/c1-3-23-27(34)28(35)26(30(37)39-23)32-29(36)22(16-31)17(2)24-8-9-25(40-24)20-5-4-19-15-21(7-6-18(19)14-20)33-10-12-38-13-11-33/h4-9,14-15,23,26-28,30,34-35,37H,3,10-13H2,1-2H3,(H,32,36)/b22-17+/t23-,26-,27-,28-,30?/m1/s1. The number of nitrogens with zero attached hydrogens (tertiary/aromatic N) is 2. The summed E-state index contributed by atoms with van der Waals surface area (Å²) in [6, 6.07) is 17.3. The lowest BCUT2D eigenvalue weighted by molar-refractivity contribution is -0.247. The van der Waals surface area contributed by atoms with E-state index in [2.05, 4.69) is 46.6 Å². The number of hydrogen-bond acceptors (Lipinski definition) is 9. The van der Waals surface area contributed by atoms with E-state index in [4.69, 9.17) is 9.47 Å². The zero-order valence-electron chi connectivity index (χ0n) is 22.4. The number of fused-ring (bicyclic) bond motifs is 1. The quantitative estimate of drug-likeness (QED) is 0.266. The number of aliphatic hydroxyl groups excluding tert-OH is 3. The van der Waals surface area contributed by atoms with Crippen molar-refractivity contribution in [2.45, 2.75) is 50.9 Å². The molecule has 0 bridgehead atoms. The van der Waals surface area contributed by atoms with E-state index in [0.717, 1.165) is 52.4 Å². The van der Waals surface area contributed by atoms with Crippen LogP contribution in [0.1, 0.15) is 25.1 Å². The van der Waals surface area contributed by atoms with E-state index >= 15 is 0 Å². The molecule has 5 atom stereocenters. The maximum absolute atomic E-state index is 13.0. The number of morpholine rings is 1. The predicted molar refractivity (Wildman–Crippen MR) is 154 cm³/mol. The molecule has 1 aromatic heterocycles. The van der Waals surface area contributed by atoms with E-state index in [1.807, 2.05) is 18.2 Å². The van der Waals surface area contributed by atoms with Gasteiger partial charge in [-0.2, -0.15) is 5.26 Å². The maximum atomic E-state index is 13.0. The van der Waals surface area contributed by atoms with Crippen molar-refractivity contribution in [3.63, 3.8) is 0 Å². The molecular weight excluding hydrogens is 530 g/mol. The minimum absolute atomic E-state index is 0.144. The van der Waals surface area contributed by atoms with E-state index in [-0.39, 0.29) is 5.57 Å². The molecule has 10 heteroatoms. The third-order valence-electron chi connectivity index (χ3n) is 7.59. The molecule has 0 saturated carbocycles. The lowest BCUT2D eigenvalue weighted by atomic mass is 9.95. The molecule has 210 valence electrons. The molecule has 0 aliphatic carbocycles. The number of carbonyl (C=O) groups is 1. The van der Waals surface area contributed by atoms with Gasteiger partial charge in [-0.3, -0.25) is 4.79 Å². The second kappa shape index (κ2) is 12.1. The summed E-state index contributed by atoms with van der Waals surface area (Å²) in [7, 11) is 0. The Morgan fingerprint density at radius 3 is 2.52 bits per heavy atom. The number of hydrogen-bond donors (Lipinski definition) is 4. The normalized spacial score (nSPS) is 25.8. The first-order chi connectivity index (χ1) is 19.3. The zero-order valence-corrected chi connectivity index (χ0v) is 23.2. The third-order valence-corrected chi connectivity index (χ3v) is 8.85. The van der Waals surface area contributed by atoms with Crippen molar-refractivity contribution in [1.82, 2.24) is 5.32 Å². The van der Waals surface area contributed by atoms with Gasteiger partial charge in [0.05, 0.1) is 19.3 Å². The van der Waals surface area contributed by atoms with Gasteiger partial charge in [0, 0.05) is 28.5 Å². The largest absolute Gasteiger partial charge is 0.388 e. The van der Waals surface area contributed by atoms with Gasteiger partial charge in [0.1, 0.15) is 29.9 Å². The van der Waals surface area contributed by atoms with Gasteiger partial charge in [-0.15, -0.1) is 11.3 Å². The number of thiophene rings is 1. The first kappa shape index (κ1) is 28.2. The van der Waals surface area contributed by atoms with Gasteiger partial charge in [0.25, 0.3) is 5.91 Å². The Morgan fingerprint density at radius 1 is 1.07 bits per heavy atom. The van der Waals surface area contributed by atoms with Gasteiger partial charge in [-0.05, 0) is 65.6 Å². The number of amides is 1. The number of nitrogens with one attached hydrogen (secondary N) is 1.